The molecule has 2 nitrogen and oxygen atoms in total. The van der Waals surface area contributed by atoms with Crippen molar-refractivity contribution in [1.82, 2.24) is 0 Å². The van der Waals surface area contributed by atoms with Crippen molar-refractivity contribution in [3.8, 4) is 0 Å². The third-order valence-electron chi connectivity index (χ3n) is 3.18. The van der Waals surface area contributed by atoms with Crippen LogP contribution in [0.1, 0.15) is 12.8 Å². The summed E-state index contributed by atoms with van der Waals surface area (Å²) in [4.78, 5) is 4.84. The van der Waals surface area contributed by atoms with Gasteiger partial charge >= 0.3 is 0 Å². The van der Waals surface area contributed by atoms with E-state index >= 15 is 0 Å². The summed E-state index contributed by atoms with van der Waals surface area (Å²) in [6.45, 7) is 3.42. The van der Waals surface area contributed by atoms with Crippen LogP contribution < -0.4 is 9.80 Å². The van der Waals surface area contributed by atoms with Crippen LogP contribution in [0, 0.1) is 0 Å². The first-order valence-electron chi connectivity index (χ1n) is 5.99. The number of thiol groups is 1. The molecule has 0 saturated carbocycles. The second-order valence-corrected chi connectivity index (χ2v) is 4.78. The van der Waals surface area contributed by atoms with Gasteiger partial charge in [0.2, 0.25) is 0 Å². The third-order valence-corrected chi connectivity index (χ3v) is 3.49. The molecule has 0 bridgehead atoms. The van der Waals surface area contributed by atoms with Gasteiger partial charge in [-0.1, -0.05) is 12.1 Å². The smallest absolute Gasteiger partial charge is 0.0604 e. The Kier molecular flexibility index (Phi) is 3.99. The van der Waals surface area contributed by atoms with Gasteiger partial charge in [-0.2, -0.15) is 12.6 Å². The largest absolute Gasteiger partial charge is 0.371 e. The average Bonchev–Trinajstić information content (AvgIpc) is 2.33. The van der Waals surface area contributed by atoms with Crippen LogP contribution in [0.2, 0.25) is 0 Å². The summed E-state index contributed by atoms with van der Waals surface area (Å²) in [6, 6.07) is 8.68. The number of hydrogen-bond acceptors (Lipinski definition) is 3. The molecule has 0 unspecified atom stereocenters. The Morgan fingerprint density at radius 2 is 1.88 bits per heavy atom. The van der Waals surface area contributed by atoms with Gasteiger partial charge < -0.3 is 9.80 Å². The molecule has 0 N–H and O–H groups in total. The first kappa shape index (κ1) is 11.6. The zero-order valence-electron chi connectivity index (χ0n) is 9.89. The van der Waals surface area contributed by atoms with Crippen molar-refractivity contribution in [1.29, 1.82) is 0 Å². The van der Waals surface area contributed by atoms with Gasteiger partial charge in [-0.3, -0.25) is 0 Å². The maximum Gasteiger partial charge on any atom is 0.0604 e. The van der Waals surface area contributed by atoms with E-state index in [1.54, 1.807) is 0 Å². The molecule has 2 rings (SSSR count). The van der Waals surface area contributed by atoms with Gasteiger partial charge in [-0.05, 0) is 30.7 Å². The molecule has 0 aromatic heterocycles. The van der Waals surface area contributed by atoms with Crippen molar-refractivity contribution < 1.29 is 0 Å². The summed E-state index contributed by atoms with van der Waals surface area (Å²) >= 11 is 4.26. The number of nitrogens with zero attached hydrogens (tertiary/aromatic N) is 2. The summed E-state index contributed by atoms with van der Waals surface area (Å²) in [5.74, 6) is 0.995. The van der Waals surface area contributed by atoms with Gasteiger partial charge in [0.05, 0.1) is 11.4 Å². The molecule has 1 aromatic carbocycles. The van der Waals surface area contributed by atoms with E-state index in [2.05, 4.69) is 53.7 Å². The minimum atomic E-state index is 0.995. The standard InChI is InChI=1S/C13H20N2S/c1-14-9-10-15(8-4-5-11-16)13-7-3-2-6-12(13)14/h2-3,6-7,16H,4-5,8-11H2,1H3. The summed E-state index contributed by atoms with van der Waals surface area (Å²) in [5.41, 5.74) is 2.75. The number of rotatable bonds is 4. The second kappa shape index (κ2) is 5.48. The molecule has 0 aliphatic carbocycles. The Morgan fingerprint density at radius 3 is 2.62 bits per heavy atom. The molecule has 1 heterocycles. The van der Waals surface area contributed by atoms with E-state index in [4.69, 9.17) is 0 Å². The molecule has 3 heteroatoms. The number of hydrogen-bond donors (Lipinski definition) is 1. The van der Waals surface area contributed by atoms with E-state index in [1.807, 2.05) is 0 Å². The highest BCUT2D eigenvalue weighted by molar-refractivity contribution is 7.80. The minimum absolute atomic E-state index is 0.995. The molecular formula is C13H20N2S. The number of anilines is 2. The van der Waals surface area contributed by atoms with Gasteiger partial charge in [0, 0.05) is 26.7 Å². The van der Waals surface area contributed by atoms with Crippen LogP contribution in [0.25, 0.3) is 0 Å². The first-order chi connectivity index (χ1) is 7.83. The zero-order chi connectivity index (χ0) is 11.4. The molecule has 0 amide bonds. The van der Waals surface area contributed by atoms with E-state index < -0.39 is 0 Å². The van der Waals surface area contributed by atoms with E-state index in [0.717, 1.165) is 25.4 Å². The van der Waals surface area contributed by atoms with Crippen molar-refractivity contribution in [2.24, 2.45) is 0 Å². The van der Waals surface area contributed by atoms with Crippen molar-refractivity contribution in [3.63, 3.8) is 0 Å². The molecule has 0 atom stereocenters. The molecule has 0 radical (unpaired) electrons. The van der Waals surface area contributed by atoms with E-state index in [1.165, 1.54) is 24.2 Å². The van der Waals surface area contributed by atoms with Crippen LogP contribution in [-0.4, -0.2) is 32.4 Å². The maximum atomic E-state index is 4.26. The number of likely N-dealkylation sites (N-methyl/N-ethyl adjacent to an activating group) is 1. The van der Waals surface area contributed by atoms with Crippen molar-refractivity contribution in [2.75, 3.05) is 42.2 Å². The highest BCUT2D eigenvalue weighted by Gasteiger charge is 2.18. The molecule has 0 saturated heterocycles. The molecule has 1 aromatic rings. The zero-order valence-corrected chi connectivity index (χ0v) is 10.8. The van der Waals surface area contributed by atoms with E-state index in [0.29, 0.717) is 0 Å². The van der Waals surface area contributed by atoms with Crippen LogP contribution in [0.15, 0.2) is 24.3 Å². The van der Waals surface area contributed by atoms with Crippen LogP contribution in [0.5, 0.6) is 0 Å². The van der Waals surface area contributed by atoms with Crippen LogP contribution in [0.4, 0.5) is 11.4 Å². The summed E-state index contributed by atoms with van der Waals surface area (Å²) in [7, 11) is 2.17. The first-order valence-corrected chi connectivity index (χ1v) is 6.62. The van der Waals surface area contributed by atoms with Crippen molar-refractivity contribution in [2.45, 2.75) is 12.8 Å². The van der Waals surface area contributed by atoms with E-state index in [-0.39, 0.29) is 0 Å². The highest BCUT2D eigenvalue weighted by Crippen LogP contribution is 2.31. The van der Waals surface area contributed by atoms with Gasteiger partial charge in [-0.25, -0.2) is 0 Å². The lowest BCUT2D eigenvalue weighted by Gasteiger charge is -2.37. The lowest BCUT2D eigenvalue weighted by Crippen LogP contribution is -2.39. The predicted octanol–water partition coefficient (Wildman–Crippen LogP) is 2.65. The average molecular weight is 236 g/mol. The molecule has 0 fully saturated rings. The topological polar surface area (TPSA) is 6.48 Å². The third kappa shape index (κ3) is 2.46. The highest BCUT2D eigenvalue weighted by atomic mass is 32.1. The molecule has 1 aliphatic rings. The Morgan fingerprint density at radius 1 is 1.12 bits per heavy atom. The van der Waals surface area contributed by atoms with Gasteiger partial charge in [-0.15, -0.1) is 0 Å². The number of para-hydroxylation sites is 2. The summed E-state index contributed by atoms with van der Waals surface area (Å²) < 4.78 is 0. The molecule has 1 aliphatic heterocycles. The fourth-order valence-electron chi connectivity index (χ4n) is 2.21. The quantitative estimate of drug-likeness (QED) is 0.634. The summed E-state index contributed by atoms with van der Waals surface area (Å²) in [6.07, 6.45) is 2.44. The second-order valence-electron chi connectivity index (χ2n) is 4.33. The molecule has 88 valence electrons. The number of fused-ring (bicyclic) bond motifs is 1. The molecule has 0 spiro atoms. The van der Waals surface area contributed by atoms with Gasteiger partial charge in [0.25, 0.3) is 0 Å². The molecular weight excluding hydrogens is 216 g/mol. The minimum Gasteiger partial charge on any atom is -0.371 e. The predicted molar refractivity (Wildman–Crippen MR) is 75.0 cm³/mol. The number of benzene rings is 1. The Balaban J connectivity index is 2.09. The fraction of sp³-hybridized carbons (Fsp3) is 0.538. The van der Waals surface area contributed by atoms with Crippen LogP contribution in [0.3, 0.4) is 0 Å². The lowest BCUT2D eigenvalue weighted by molar-refractivity contribution is 0.691. The van der Waals surface area contributed by atoms with Crippen LogP contribution >= 0.6 is 12.6 Å². The molecule has 16 heavy (non-hydrogen) atoms. The number of unbranched alkanes of at least 4 members (excludes halogenated alkanes) is 1. The lowest BCUT2D eigenvalue weighted by atomic mass is 10.1. The van der Waals surface area contributed by atoms with Crippen molar-refractivity contribution in [3.05, 3.63) is 24.3 Å². The fourth-order valence-corrected chi connectivity index (χ4v) is 2.44. The normalized spacial score (nSPS) is 15.1. The maximum absolute atomic E-state index is 4.26. The van der Waals surface area contributed by atoms with Gasteiger partial charge in [0.1, 0.15) is 0 Å². The SMILES string of the molecule is CN1CCN(CCCCS)c2ccccc21. The Hall–Kier alpha value is -0.830. The van der Waals surface area contributed by atoms with Crippen molar-refractivity contribution >= 4 is 24.0 Å². The monoisotopic (exact) mass is 236 g/mol. The van der Waals surface area contributed by atoms with E-state index in [9.17, 15) is 0 Å². The van der Waals surface area contributed by atoms with Crippen LogP contribution in [-0.2, 0) is 0 Å². The Labute approximate surface area is 104 Å². The Bertz CT molecular complexity index is 340. The van der Waals surface area contributed by atoms with Gasteiger partial charge in [0.15, 0.2) is 0 Å². The summed E-state index contributed by atoms with van der Waals surface area (Å²) in [5, 5.41) is 0.